The molecule has 2 aromatic carbocycles. The van der Waals surface area contributed by atoms with Gasteiger partial charge in [-0.2, -0.15) is 0 Å². The normalized spacial score (nSPS) is 28.7. The molecule has 2 bridgehead atoms. The van der Waals surface area contributed by atoms with Gasteiger partial charge in [0.2, 0.25) is 0 Å². The Morgan fingerprint density at radius 1 is 0.963 bits per heavy atom. The molecule has 27 heavy (non-hydrogen) atoms. The van der Waals surface area contributed by atoms with Gasteiger partial charge in [-0.15, -0.1) is 0 Å². The van der Waals surface area contributed by atoms with Gasteiger partial charge < -0.3 is 10.1 Å². The van der Waals surface area contributed by atoms with E-state index in [-0.39, 0.29) is 0 Å². The van der Waals surface area contributed by atoms with Crippen LogP contribution in [0, 0.1) is 12.8 Å². The maximum absolute atomic E-state index is 5.54. The van der Waals surface area contributed by atoms with E-state index in [1.54, 1.807) is 0 Å². The largest absolute Gasteiger partial charge is 0.381 e. The average molecular weight is 363 g/mol. The number of aryl methyl sites for hydroxylation is 1. The fourth-order valence-corrected chi connectivity index (χ4v) is 5.35. The van der Waals surface area contributed by atoms with E-state index in [4.69, 9.17) is 4.74 Å². The van der Waals surface area contributed by atoms with Crippen LogP contribution in [0.25, 0.3) is 11.1 Å². The molecule has 0 amide bonds. The zero-order valence-electron chi connectivity index (χ0n) is 16.2. The summed E-state index contributed by atoms with van der Waals surface area (Å²) in [6, 6.07) is 19.5. The molecule has 3 aliphatic rings. The number of nitrogens with zero attached hydrogens (tertiary/aromatic N) is 1. The molecule has 0 aromatic heterocycles. The molecule has 3 heterocycles. The Bertz CT molecular complexity index is 769. The fraction of sp³-hybridized carbons (Fsp3) is 0.500. The Hall–Kier alpha value is -1.68. The summed E-state index contributed by atoms with van der Waals surface area (Å²) >= 11 is 0. The van der Waals surface area contributed by atoms with Crippen molar-refractivity contribution >= 4 is 0 Å². The Morgan fingerprint density at radius 3 is 2.41 bits per heavy atom. The van der Waals surface area contributed by atoms with E-state index < -0.39 is 0 Å². The minimum Gasteiger partial charge on any atom is -0.381 e. The molecule has 0 saturated carbocycles. The van der Waals surface area contributed by atoms with Crippen LogP contribution < -0.4 is 5.32 Å². The number of nitrogens with one attached hydrogen (secondary N) is 1. The summed E-state index contributed by atoms with van der Waals surface area (Å²) in [4.78, 5) is 2.78. The second-order valence-corrected chi connectivity index (χ2v) is 8.56. The van der Waals surface area contributed by atoms with Gasteiger partial charge in [0, 0.05) is 50.8 Å². The first kappa shape index (κ1) is 17.4. The lowest BCUT2D eigenvalue weighted by molar-refractivity contribution is -0.0628. The Morgan fingerprint density at radius 2 is 1.70 bits per heavy atom. The molecule has 3 aliphatic heterocycles. The van der Waals surface area contributed by atoms with Gasteiger partial charge in [-0.1, -0.05) is 54.1 Å². The van der Waals surface area contributed by atoms with Crippen molar-refractivity contribution in [2.75, 3.05) is 32.8 Å². The maximum atomic E-state index is 5.54. The summed E-state index contributed by atoms with van der Waals surface area (Å²) in [5, 5.41) is 3.63. The second-order valence-electron chi connectivity index (χ2n) is 8.56. The molecule has 0 aliphatic carbocycles. The number of piperazine rings is 1. The van der Waals surface area contributed by atoms with E-state index in [1.165, 1.54) is 41.6 Å². The number of hydrogen-bond donors (Lipinski definition) is 1. The lowest BCUT2D eigenvalue weighted by Crippen LogP contribution is -2.73. The van der Waals surface area contributed by atoms with Gasteiger partial charge in [0.1, 0.15) is 0 Å². The summed E-state index contributed by atoms with van der Waals surface area (Å²) in [6.07, 6.45) is 2.47. The van der Waals surface area contributed by atoms with Crippen LogP contribution in [0.4, 0.5) is 0 Å². The molecular formula is C24H30N2O. The van der Waals surface area contributed by atoms with Crippen molar-refractivity contribution in [1.82, 2.24) is 10.2 Å². The number of ether oxygens (including phenoxy) is 1. The quantitative estimate of drug-likeness (QED) is 0.895. The van der Waals surface area contributed by atoms with Crippen LogP contribution in [0.3, 0.4) is 0 Å². The molecule has 1 unspecified atom stereocenters. The summed E-state index contributed by atoms with van der Waals surface area (Å²) < 4.78 is 5.54. The molecular weight excluding hydrogens is 332 g/mol. The van der Waals surface area contributed by atoms with Crippen molar-refractivity contribution in [3.63, 3.8) is 0 Å². The molecule has 3 saturated heterocycles. The van der Waals surface area contributed by atoms with Crippen molar-refractivity contribution in [2.24, 2.45) is 5.92 Å². The zero-order chi connectivity index (χ0) is 18.2. The number of rotatable bonds is 4. The van der Waals surface area contributed by atoms with E-state index in [1.807, 2.05) is 0 Å². The highest BCUT2D eigenvalue weighted by Gasteiger charge is 2.51. The Labute approximate surface area is 162 Å². The summed E-state index contributed by atoms with van der Waals surface area (Å²) in [5.74, 6) is 1.52. The van der Waals surface area contributed by atoms with Gasteiger partial charge in [-0.25, -0.2) is 0 Å². The van der Waals surface area contributed by atoms with Crippen molar-refractivity contribution in [1.29, 1.82) is 0 Å². The molecule has 3 nitrogen and oxygen atoms in total. The van der Waals surface area contributed by atoms with E-state index in [0.717, 1.165) is 32.2 Å². The average Bonchev–Trinajstić information content (AvgIpc) is 2.73. The lowest BCUT2D eigenvalue weighted by atomic mass is 9.71. The van der Waals surface area contributed by atoms with Gasteiger partial charge in [0.25, 0.3) is 0 Å². The number of fused-ring (bicyclic) bond motifs is 2. The first-order chi connectivity index (χ1) is 13.3. The van der Waals surface area contributed by atoms with Crippen LogP contribution in [0.2, 0.25) is 0 Å². The Balaban J connectivity index is 1.30. The third-order valence-corrected chi connectivity index (χ3v) is 6.84. The van der Waals surface area contributed by atoms with Gasteiger partial charge in [-0.3, -0.25) is 4.90 Å². The predicted octanol–water partition coefficient (Wildman–Crippen LogP) is 3.83. The third-order valence-electron chi connectivity index (χ3n) is 6.84. The molecule has 3 heteroatoms. The van der Waals surface area contributed by atoms with Crippen LogP contribution in [0.15, 0.2) is 48.5 Å². The molecule has 1 N–H and O–H groups in total. The molecule has 142 valence electrons. The molecule has 0 spiro atoms. The molecule has 3 fully saturated rings. The van der Waals surface area contributed by atoms with Crippen LogP contribution in [-0.4, -0.2) is 49.8 Å². The first-order valence-corrected chi connectivity index (χ1v) is 10.5. The number of piperidine rings is 1. The molecule has 5 rings (SSSR count). The van der Waals surface area contributed by atoms with Gasteiger partial charge >= 0.3 is 0 Å². The van der Waals surface area contributed by atoms with Crippen molar-refractivity contribution < 1.29 is 4.74 Å². The standard InChI is InChI=1S/C24H30N2O/c1-17-3-2-4-21(13-17)19-5-7-20(8-6-19)24-22-14-25-15-23(24)26(22)16-18-9-11-27-12-10-18/h2-8,13,18,22-25H,9-12,14-16H2,1H3/t22-,23+,24?. The topological polar surface area (TPSA) is 24.5 Å². The second kappa shape index (κ2) is 7.38. The van der Waals surface area contributed by atoms with Crippen LogP contribution in [0.1, 0.15) is 29.9 Å². The van der Waals surface area contributed by atoms with Crippen LogP contribution in [-0.2, 0) is 4.74 Å². The van der Waals surface area contributed by atoms with E-state index >= 15 is 0 Å². The van der Waals surface area contributed by atoms with Crippen LogP contribution >= 0.6 is 0 Å². The fourth-order valence-electron chi connectivity index (χ4n) is 5.35. The minimum absolute atomic E-state index is 0.663. The third kappa shape index (κ3) is 3.33. The lowest BCUT2D eigenvalue weighted by Gasteiger charge is -2.60. The predicted molar refractivity (Wildman–Crippen MR) is 110 cm³/mol. The number of likely N-dealkylation sites (tertiary alicyclic amines) is 1. The summed E-state index contributed by atoms with van der Waals surface area (Å²) in [6.45, 7) is 7.59. The highest BCUT2D eigenvalue weighted by atomic mass is 16.5. The monoisotopic (exact) mass is 362 g/mol. The van der Waals surface area contributed by atoms with Gasteiger partial charge in [-0.05, 0) is 42.4 Å². The molecule has 2 aromatic rings. The molecule has 0 radical (unpaired) electrons. The highest BCUT2D eigenvalue weighted by Crippen LogP contribution is 2.43. The van der Waals surface area contributed by atoms with Gasteiger partial charge in [0.05, 0.1) is 0 Å². The minimum atomic E-state index is 0.663. The van der Waals surface area contributed by atoms with E-state index in [2.05, 4.69) is 65.7 Å². The maximum Gasteiger partial charge on any atom is 0.0469 e. The highest BCUT2D eigenvalue weighted by molar-refractivity contribution is 5.64. The molecule has 3 atom stereocenters. The first-order valence-electron chi connectivity index (χ1n) is 10.5. The van der Waals surface area contributed by atoms with Crippen LogP contribution in [0.5, 0.6) is 0 Å². The SMILES string of the molecule is Cc1cccc(-c2ccc(C3[C@H]4CNC[C@@H]3N4CC3CCOCC3)cc2)c1. The Kier molecular flexibility index (Phi) is 4.76. The van der Waals surface area contributed by atoms with E-state index in [9.17, 15) is 0 Å². The summed E-state index contributed by atoms with van der Waals surface area (Å²) in [5.41, 5.74) is 5.48. The number of benzene rings is 2. The zero-order valence-corrected chi connectivity index (χ0v) is 16.2. The summed E-state index contributed by atoms with van der Waals surface area (Å²) in [7, 11) is 0. The van der Waals surface area contributed by atoms with Crippen molar-refractivity contribution in [3.8, 4) is 11.1 Å². The smallest absolute Gasteiger partial charge is 0.0469 e. The number of hydrogen-bond acceptors (Lipinski definition) is 3. The van der Waals surface area contributed by atoms with Gasteiger partial charge in [0.15, 0.2) is 0 Å². The van der Waals surface area contributed by atoms with Crippen molar-refractivity contribution in [2.45, 2.75) is 37.8 Å². The van der Waals surface area contributed by atoms with Crippen molar-refractivity contribution in [3.05, 3.63) is 59.7 Å². The van der Waals surface area contributed by atoms with E-state index in [0.29, 0.717) is 18.0 Å².